The van der Waals surface area contributed by atoms with Gasteiger partial charge in [-0.05, 0) is 0 Å². The summed E-state index contributed by atoms with van der Waals surface area (Å²) >= 11 is 0. The smallest absolute Gasteiger partial charge is 0.233 e. The van der Waals surface area contributed by atoms with Crippen LogP contribution >= 0.6 is 0 Å². The number of amides is 2. The van der Waals surface area contributed by atoms with Gasteiger partial charge in [0.05, 0.1) is 19.8 Å². The Morgan fingerprint density at radius 3 is 2.06 bits per heavy atom. The van der Waals surface area contributed by atoms with E-state index in [1.54, 1.807) is 0 Å². The molecule has 0 aromatic carbocycles. The van der Waals surface area contributed by atoms with Crippen molar-refractivity contribution >= 4 is 11.8 Å². The van der Waals surface area contributed by atoms with Gasteiger partial charge in [-0.3, -0.25) is 9.59 Å². The molecule has 2 amide bonds. The van der Waals surface area contributed by atoms with Gasteiger partial charge in [0, 0.05) is 26.1 Å². The number of ether oxygens (including phenoxy) is 1. The molecule has 6 N–H and O–H groups in total. The Kier molecular flexibility index (Phi) is 9.58. The molecule has 0 aliphatic carbocycles. The van der Waals surface area contributed by atoms with Crippen LogP contribution in [0.1, 0.15) is 6.42 Å². The monoisotopic (exact) mass is 232 g/mol. The lowest BCUT2D eigenvalue weighted by atomic mass is 10.4. The van der Waals surface area contributed by atoms with Crippen LogP contribution in [0.5, 0.6) is 0 Å². The first-order valence-corrected chi connectivity index (χ1v) is 5.22. The van der Waals surface area contributed by atoms with Gasteiger partial charge in [-0.1, -0.05) is 0 Å². The van der Waals surface area contributed by atoms with Crippen molar-refractivity contribution in [3.05, 3.63) is 0 Å². The van der Waals surface area contributed by atoms with Crippen LogP contribution in [0.15, 0.2) is 0 Å². The summed E-state index contributed by atoms with van der Waals surface area (Å²) in [6.07, 6.45) is 0.326. The van der Waals surface area contributed by atoms with E-state index in [-0.39, 0.29) is 18.4 Å². The molecule has 0 rings (SSSR count). The molecule has 0 aromatic heterocycles. The Balaban J connectivity index is 3.15. The summed E-state index contributed by atoms with van der Waals surface area (Å²) < 4.78 is 5.16. The standard InChI is InChI=1S/C9H20N4O3/c10-2-1-8(14)12-3-5-16-6-4-13-9(15)7-11/h1-7,10-11H2,(H,12,14)(H,13,15). The number of rotatable bonds is 9. The average Bonchev–Trinajstić information content (AvgIpc) is 2.27. The molecule has 94 valence electrons. The number of hydrogen-bond donors (Lipinski definition) is 4. The molecule has 0 aliphatic heterocycles. The van der Waals surface area contributed by atoms with Crippen molar-refractivity contribution in [3.63, 3.8) is 0 Å². The van der Waals surface area contributed by atoms with Crippen molar-refractivity contribution in [3.8, 4) is 0 Å². The molecule has 0 radical (unpaired) electrons. The zero-order valence-corrected chi connectivity index (χ0v) is 9.33. The fourth-order valence-corrected chi connectivity index (χ4v) is 0.919. The van der Waals surface area contributed by atoms with Crippen molar-refractivity contribution in [1.29, 1.82) is 0 Å². The third-order valence-electron chi connectivity index (χ3n) is 1.69. The Morgan fingerprint density at radius 2 is 1.56 bits per heavy atom. The van der Waals surface area contributed by atoms with Crippen molar-refractivity contribution < 1.29 is 14.3 Å². The van der Waals surface area contributed by atoms with E-state index in [2.05, 4.69) is 10.6 Å². The number of hydrogen-bond acceptors (Lipinski definition) is 5. The van der Waals surface area contributed by atoms with Gasteiger partial charge >= 0.3 is 0 Å². The second-order valence-electron chi connectivity index (χ2n) is 3.06. The fourth-order valence-electron chi connectivity index (χ4n) is 0.919. The lowest BCUT2D eigenvalue weighted by molar-refractivity contribution is -0.121. The van der Waals surface area contributed by atoms with Gasteiger partial charge in [-0.25, -0.2) is 0 Å². The van der Waals surface area contributed by atoms with E-state index in [9.17, 15) is 9.59 Å². The number of nitrogens with one attached hydrogen (secondary N) is 2. The van der Waals surface area contributed by atoms with Crippen LogP contribution in [0.2, 0.25) is 0 Å². The highest BCUT2D eigenvalue weighted by molar-refractivity contribution is 5.77. The van der Waals surface area contributed by atoms with Crippen LogP contribution in [0.3, 0.4) is 0 Å². The second kappa shape index (κ2) is 10.3. The van der Waals surface area contributed by atoms with Crippen LogP contribution in [0.4, 0.5) is 0 Å². The predicted octanol–water partition coefficient (Wildman–Crippen LogP) is -2.46. The minimum atomic E-state index is -0.208. The molecular formula is C9H20N4O3. The van der Waals surface area contributed by atoms with Crippen molar-refractivity contribution in [2.45, 2.75) is 6.42 Å². The van der Waals surface area contributed by atoms with Gasteiger partial charge in [0.15, 0.2) is 0 Å². The number of carbonyl (C=O) groups is 2. The van der Waals surface area contributed by atoms with Gasteiger partial charge in [0.25, 0.3) is 0 Å². The van der Waals surface area contributed by atoms with Crippen LogP contribution in [0.25, 0.3) is 0 Å². The Hall–Kier alpha value is -1.18. The van der Waals surface area contributed by atoms with Crippen molar-refractivity contribution in [1.82, 2.24) is 10.6 Å². The Labute approximate surface area is 94.9 Å². The molecule has 0 bridgehead atoms. The van der Waals surface area contributed by atoms with Gasteiger partial charge < -0.3 is 26.8 Å². The summed E-state index contributed by atoms with van der Waals surface area (Å²) in [6.45, 7) is 2.01. The molecule has 0 spiro atoms. The van der Waals surface area contributed by atoms with E-state index < -0.39 is 0 Å². The second-order valence-corrected chi connectivity index (χ2v) is 3.06. The molecule has 0 fully saturated rings. The molecule has 0 aromatic rings. The molecule has 0 saturated carbocycles. The molecule has 0 saturated heterocycles. The van der Waals surface area contributed by atoms with E-state index in [0.29, 0.717) is 39.3 Å². The highest BCUT2D eigenvalue weighted by atomic mass is 16.5. The van der Waals surface area contributed by atoms with Gasteiger partial charge in [-0.15, -0.1) is 0 Å². The van der Waals surface area contributed by atoms with Gasteiger partial charge in [-0.2, -0.15) is 0 Å². The molecule has 7 heteroatoms. The maximum absolute atomic E-state index is 10.9. The third kappa shape index (κ3) is 9.38. The summed E-state index contributed by atoms with van der Waals surface area (Å²) in [6, 6.07) is 0. The molecule has 0 heterocycles. The van der Waals surface area contributed by atoms with Crippen LogP contribution in [-0.4, -0.2) is 51.2 Å². The predicted molar refractivity (Wildman–Crippen MR) is 59.6 cm³/mol. The molecule has 0 aliphatic rings. The van der Waals surface area contributed by atoms with Crippen LogP contribution in [-0.2, 0) is 14.3 Å². The zero-order chi connectivity index (χ0) is 12.2. The number of carbonyl (C=O) groups excluding carboxylic acids is 2. The first-order valence-electron chi connectivity index (χ1n) is 5.22. The quantitative estimate of drug-likeness (QED) is 0.329. The Bertz CT molecular complexity index is 211. The summed E-state index contributed by atoms with van der Waals surface area (Å²) in [5.41, 5.74) is 10.3. The van der Waals surface area contributed by atoms with E-state index in [1.165, 1.54) is 0 Å². The minimum Gasteiger partial charge on any atom is -0.378 e. The Morgan fingerprint density at radius 1 is 1.00 bits per heavy atom. The maximum atomic E-state index is 10.9. The molecular weight excluding hydrogens is 212 g/mol. The van der Waals surface area contributed by atoms with Gasteiger partial charge in [0.2, 0.25) is 11.8 Å². The van der Waals surface area contributed by atoms with E-state index in [0.717, 1.165) is 0 Å². The number of nitrogens with two attached hydrogens (primary N) is 2. The normalized spacial score (nSPS) is 9.88. The summed E-state index contributed by atoms with van der Waals surface area (Å²) in [7, 11) is 0. The summed E-state index contributed by atoms with van der Waals surface area (Å²) in [5, 5.41) is 5.20. The lowest BCUT2D eigenvalue weighted by Crippen LogP contribution is -2.33. The third-order valence-corrected chi connectivity index (χ3v) is 1.69. The first kappa shape index (κ1) is 14.8. The first-order chi connectivity index (χ1) is 7.70. The SMILES string of the molecule is NCCC(=O)NCCOCCNC(=O)CN. The largest absolute Gasteiger partial charge is 0.378 e. The lowest BCUT2D eigenvalue weighted by Gasteiger charge is -2.06. The van der Waals surface area contributed by atoms with E-state index in [4.69, 9.17) is 16.2 Å². The summed E-state index contributed by atoms with van der Waals surface area (Å²) in [4.78, 5) is 21.6. The highest BCUT2D eigenvalue weighted by Crippen LogP contribution is 1.76. The van der Waals surface area contributed by atoms with Crippen molar-refractivity contribution in [2.24, 2.45) is 11.5 Å². The van der Waals surface area contributed by atoms with Crippen LogP contribution < -0.4 is 22.1 Å². The van der Waals surface area contributed by atoms with Gasteiger partial charge in [0.1, 0.15) is 0 Å². The average molecular weight is 232 g/mol. The van der Waals surface area contributed by atoms with E-state index in [1.807, 2.05) is 0 Å². The fraction of sp³-hybridized carbons (Fsp3) is 0.778. The molecule has 7 nitrogen and oxygen atoms in total. The highest BCUT2D eigenvalue weighted by Gasteiger charge is 1.98. The van der Waals surface area contributed by atoms with E-state index >= 15 is 0 Å². The topological polar surface area (TPSA) is 119 Å². The maximum Gasteiger partial charge on any atom is 0.233 e. The molecule has 16 heavy (non-hydrogen) atoms. The van der Waals surface area contributed by atoms with Crippen molar-refractivity contribution in [2.75, 3.05) is 39.4 Å². The van der Waals surface area contributed by atoms with Crippen LogP contribution in [0, 0.1) is 0 Å². The zero-order valence-electron chi connectivity index (χ0n) is 9.33. The molecule has 0 atom stereocenters. The molecule has 0 unspecified atom stereocenters. The summed E-state index contributed by atoms with van der Waals surface area (Å²) in [5.74, 6) is -0.289. The minimum absolute atomic E-state index is 0.0187.